The van der Waals surface area contributed by atoms with Gasteiger partial charge in [-0.05, 0) is 73.5 Å². The van der Waals surface area contributed by atoms with E-state index in [0.29, 0.717) is 10.6 Å². The van der Waals surface area contributed by atoms with E-state index in [2.05, 4.69) is 53.7 Å². The second-order valence-corrected chi connectivity index (χ2v) is 7.16. The Morgan fingerprint density at radius 2 is 1.86 bits per heavy atom. The molecule has 2 heterocycles. The third-order valence-corrected chi connectivity index (χ3v) is 5.14. The van der Waals surface area contributed by atoms with E-state index in [1.807, 2.05) is 30.3 Å². The van der Waals surface area contributed by atoms with Crippen molar-refractivity contribution in [2.45, 2.75) is 13.8 Å². The number of hydrogen-bond donors (Lipinski definition) is 0. The molecule has 0 N–H and O–H groups in total. The Hall–Kier alpha value is -3.35. The van der Waals surface area contributed by atoms with Gasteiger partial charge in [0.15, 0.2) is 0 Å². The van der Waals surface area contributed by atoms with Crippen molar-refractivity contribution in [3.05, 3.63) is 94.4 Å². The minimum atomic E-state index is 0.611. The molecule has 3 nitrogen and oxygen atoms in total. The van der Waals surface area contributed by atoms with E-state index < -0.39 is 0 Å². The summed E-state index contributed by atoms with van der Waals surface area (Å²) in [4.78, 5) is 4.39. The van der Waals surface area contributed by atoms with Crippen LogP contribution in [0.4, 0.5) is 0 Å². The van der Waals surface area contributed by atoms with Gasteiger partial charge in [-0.25, -0.2) is 0 Å². The molecule has 0 unspecified atom stereocenters. The highest BCUT2D eigenvalue weighted by molar-refractivity contribution is 6.30. The lowest BCUT2D eigenvalue weighted by Crippen LogP contribution is -1.99. The number of hydrogen-bond acceptors (Lipinski definition) is 2. The first-order valence-electron chi connectivity index (χ1n) is 8.98. The van der Waals surface area contributed by atoms with Crippen LogP contribution in [0.25, 0.3) is 28.2 Å². The van der Waals surface area contributed by atoms with Gasteiger partial charge in [0.05, 0.1) is 17.2 Å². The predicted octanol–water partition coefficient (Wildman–Crippen LogP) is 6.36. The number of allylic oxidation sites excluding steroid dienone is 1. The Bertz CT molecular complexity index is 1240. The zero-order valence-electron chi connectivity index (χ0n) is 15.6. The number of nitriles is 1. The van der Waals surface area contributed by atoms with Gasteiger partial charge < -0.3 is 4.57 Å². The van der Waals surface area contributed by atoms with E-state index in [4.69, 9.17) is 11.6 Å². The van der Waals surface area contributed by atoms with Gasteiger partial charge in [0, 0.05) is 33.7 Å². The van der Waals surface area contributed by atoms with Gasteiger partial charge in [-0.3, -0.25) is 4.98 Å². The third-order valence-electron chi connectivity index (χ3n) is 4.89. The summed E-state index contributed by atoms with van der Waals surface area (Å²) in [6.45, 7) is 4.15. The maximum atomic E-state index is 9.65. The minimum Gasteiger partial charge on any atom is -0.318 e. The summed E-state index contributed by atoms with van der Waals surface area (Å²) in [5.74, 6) is 0. The van der Waals surface area contributed by atoms with Crippen molar-refractivity contribution in [1.29, 1.82) is 5.26 Å². The molecule has 0 saturated carbocycles. The fraction of sp³-hybridized carbons (Fsp3) is 0.0833. The van der Waals surface area contributed by atoms with Gasteiger partial charge in [-0.1, -0.05) is 29.8 Å². The lowest BCUT2D eigenvalue weighted by Gasteiger charge is -2.10. The van der Waals surface area contributed by atoms with Crippen molar-refractivity contribution in [3.8, 4) is 11.8 Å². The quantitative estimate of drug-likeness (QED) is 0.386. The smallest absolute Gasteiger partial charge is 0.0998 e. The zero-order valence-corrected chi connectivity index (χ0v) is 16.4. The number of benzene rings is 2. The second-order valence-electron chi connectivity index (χ2n) is 6.72. The van der Waals surface area contributed by atoms with E-state index >= 15 is 0 Å². The molecule has 4 heteroatoms. The molecule has 0 spiro atoms. The molecule has 2 aromatic carbocycles. The van der Waals surface area contributed by atoms with E-state index in [1.165, 1.54) is 0 Å². The average molecular weight is 384 g/mol. The van der Waals surface area contributed by atoms with Gasteiger partial charge in [0.25, 0.3) is 0 Å². The lowest BCUT2D eigenvalue weighted by molar-refractivity contribution is 0.966. The molecular formula is C24H18ClN3. The van der Waals surface area contributed by atoms with Crippen molar-refractivity contribution in [1.82, 2.24) is 9.55 Å². The van der Waals surface area contributed by atoms with Crippen LogP contribution in [0.3, 0.4) is 0 Å². The molecule has 0 saturated heterocycles. The minimum absolute atomic E-state index is 0.611. The van der Waals surface area contributed by atoms with Crippen molar-refractivity contribution in [2.24, 2.45) is 0 Å². The summed E-state index contributed by atoms with van der Waals surface area (Å²) in [5, 5.41) is 11.4. The number of aromatic nitrogens is 2. The molecule has 0 amide bonds. The summed E-state index contributed by atoms with van der Waals surface area (Å²) >= 11 is 5.97. The first-order chi connectivity index (χ1) is 13.6. The van der Waals surface area contributed by atoms with Crippen LogP contribution in [0.2, 0.25) is 5.02 Å². The Morgan fingerprint density at radius 3 is 2.61 bits per heavy atom. The molecule has 4 rings (SSSR count). The summed E-state index contributed by atoms with van der Waals surface area (Å²) in [6, 6.07) is 22.0. The van der Waals surface area contributed by atoms with E-state index in [1.54, 1.807) is 18.3 Å². The lowest BCUT2D eigenvalue weighted by atomic mass is 10.0. The van der Waals surface area contributed by atoms with Crippen molar-refractivity contribution >= 4 is 34.2 Å². The number of aryl methyl sites for hydroxylation is 1. The molecule has 0 aliphatic heterocycles. The molecular weight excluding hydrogens is 366 g/mol. The summed E-state index contributed by atoms with van der Waals surface area (Å²) in [5.41, 5.74) is 6.75. The molecule has 2 aromatic heterocycles. The van der Waals surface area contributed by atoms with Crippen LogP contribution in [-0.4, -0.2) is 9.55 Å². The highest BCUT2D eigenvalue weighted by Crippen LogP contribution is 2.27. The third kappa shape index (κ3) is 3.31. The fourth-order valence-electron chi connectivity index (χ4n) is 3.50. The maximum Gasteiger partial charge on any atom is 0.0998 e. The monoisotopic (exact) mass is 383 g/mol. The molecule has 0 atom stereocenters. The zero-order chi connectivity index (χ0) is 19.7. The normalized spacial score (nSPS) is 11.6. The molecule has 0 aliphatic carbocycles. The van der Waals surface area contributed by atoms with Crippen LogP contribution < -0.4 is 0 Å². The molecule has 0 aliphatic rings. The van der Waals surface area contributed by atoms with Crippen molar-refractivity contribution in [2.75, 3.05) is 0 Å². The largest absolute Gasteiger partial charge is 0.318 e. The van der Waals surface area contributed by atoms with Gasteiger partial charge in [0.1, 0.15) is 0 Å². The van der Waals surface area contributed by atoms with Crippen LogP contribution in [0.5, 0.6) is 0 Å². The van der Waals surface area contributed by atoms with E-state index in [-0.39, 0.29) is 0 Å². The maximum absolute atomic E-state index is 9.65. The number of rotatable bonds is 3. The Labute approximate surface area is 169 Å². The topological polar surface area (TPSA) is 41.6 Å². The van der Waals surface area contributed by atoms with Crippen molar-refractivity contribution in [3.63, 3.8) is 0 Å². The highest BCUT2D eigenvalue weighted by atomic mass is 35.5. The number of pyridine rings is 1. The SMILES string of the molecule is Cc1cc(/C=C(/C#N)c2ccc(Cl)cc2)c(C)n1-c1ccc2ncccc2c1. The fourth-order valence-corrected chi connectivity index (χ4v) is 3.62. The Balaban J connectivity index is 1.80. The van der Waals surface area contributed by atoms with Crippen LogP contribution in [0.1, 0.15) is 22.5 Å². The number of halogens is 1. The summed E-state index contributed by atoms with van der Waals surface area (Å²) in [7, 11) is 0. The predicted molar refractivity (Wildman–Crippen MR) is 115 cm³/mol. The standard InChI is InChI=1S/C24H18ClN3/c1-16-12-20(13-21(15-26)18-5-7-22(25)8-6-18)17(2)28(16)23-9-10-24-19(14-23)4-3-11-27-24/h3-14H,1-2H3/b21-13-. The summed E-state index contributed by atoms with van der Waals surface area (Å²) < 4.78 is 2.20. The molecule has 4 aromatic rings. The van der Waals surface area contributed by atoms with E-state index in [0.717, 1.165) is 39.1 Å². The van der Waals surface area contributed by atoms with Gasteiger partial charge in [0.2, 0.25) is 0 Å². The highest BCUT2D eigenvalue weighted by Gasteiger charge is 2.11. The van der Waals surface area contributed by atoms with Crippen molar-refractivity contribution < 1.29 is 0 Å². The summed E-state index contributed by atoms with van der Waals surface area (Å²) in [6.07, 6.45) is 3.74. The molecule has 136 valence electrons. The molecule has 28 heavy (non-hydrogen) atoms. The van der Waals surface area contributed by atoms with Gasteiger partial charge in [-0.2, -0.15) is 5.26 Å². The Morgan fingerprint density at radius 1 is 1.07 bits per heavy atom. The van der Waals surface area contributed by atoms with Crippen LogP contribution in [0.15, 0.2) is 66.9 Å². The van der Waals surface area contributed by atoms with Crippen LogP contribution in [0, 0.1) is 25.2 Å². The second kappa shape index (κ2) is 7.34. The van der Waals surface area contributed by atoms with Gasteiger partial charge >= 0.3 is 0 Å². The number of fused-ring (bicyclic) bond motifs is 1. The average Bonchev–Trinajstić information content (AvgIpc) is 2.99. The molecule has 0 fully saturated rings. The Kier molecular flexibility index (Phi) is 4.73. The van der Waals surface area contributed by atoms with Crippen LogP contribution in [-0.2, 0) is 0 Å². The first-order valence-corrected chi connectivity index (χ1v) is 9.36. The van der Waals surface area contributed by atoms with E-state index in [9.17, 15) is 5.26 Å². The molecule has 0 bridgehead atoms. The van der Waals surface area contributed by atoms with Gasteiger partial charge in [-0.15, -0.1) is 0 Å². The number of nitrogens with zero attached hydrogens (tertiary/aromatic N) is 3. The van der Waals surface area contributed by atoms with Crippen LogP contribution >= 0.6 is 11.6 Å². The first kappa shape index (κ1) is 18.0. The molecule has 0 radical (unpaired) electrons.